The first-order valence-electron chi connectivity index (χ1n) is 10.2. The van der Waals surface area contributed by atoms with Gasteiger partial charge in [0.25, 0.3) is 5.91 Å². The molecule has 30 heavy (non-hydrogen) atoms. The molecule has 2 aliphatic rings. The van der Waals surface area contributed by atoms with Crippen LogP contribution in [0.1, 0.15) is 23.2 Å². The molecule has 0 radical (unpaired) electrons. The summed E-state index contributed by atoms with van der Waals surface area (Å²) in [4.78, 5) is 33.6. The van der Waals surface area contributed by atoms with Crippen LogP contribution in [0.15, 0.2) is 36.5 Å². The van der Waals surface area contributed by atoms with E-state index in [0.717, 1.165) is 31.7 Å². The molecule has 4 rings (SSSR count). The van der Waals surface area contributed by atoms with Gasteiger partial charge in [-0.15, -0.1) is 0 Å². The number of hydrogen-bond donors (Lipinski definition) is 2. The number of benzene rings is 1. The molecule has 8 nitrogen and oxygen atoms in total. The van der Waals surface area contributed by atoms with Gasteiger partial charge in [0, 0.05) is 51.4 Å². The number of amides is 2. The zero-order valence-corrected chi connectivity index (χ0v) is 17.4. The summed E-state index contributed by atoms with van der Waals surface area (Å²) in [6.07, 6.45) is 3.41. The van der Waals surface area contributed by atoms with Crippen molar-refractivity contribution in [1.29, 1.82) is 0 Å². The van der Waals surface area contributed by atoms with Gasteiger partial charge in [-0.25, -0.2) is 4.98 Å². The molecule has 1 aromatic carbocycles. The average Bonchev–Trinajstić information content (AvgIpc) is 2.76. The Morgan fingerprint density at radius 2 is 2.10 bits per heavy atom. The first-order valence-corrected chi connectivity index (χ1v) is 10.2. The molecule has 0 aliphatic carbocycles. The summed E-state index contributed by atoms with van der Waals surface area (Å²) < 4.78 is 5.43. The lowest BCUT2D eigenvalue weighted by molar-refractivity contribution is -0.117. The molecular formula is C22H27N5O3. The monoisotopic (exact) mass is 409 g/mol. The van der Waals surface area contributed by atoms with E-state index in [4.69, 9.17) is 4.74 Å². The average molecular weight is 409 g/mol. The van der Waals surface area contributed by atoms with Crippen LogP contribution in [0, 0.1) is 5.92 Å². The van der Waals surface area contributed by atoms with Crippen molar-refractivity contribution >= 4 is 34.7 Å². The van der Waals surface area contributed by atoms with Gasteiger partial charge in [0.2, 0.25) is 5.91 Å². The van der Waals surface area contributed by atoms with Crippen molar-refractivity contribution < 1.29 is 14.3 Å². The van der Waals surface area contributed by atoms with E-state index in [9.17, 15) is 9.59 Å². The number of pyridine rings is 1. The van der Waals surface area contributed by atoms with Gasteiger partial charge in [-0.1, -0.05) is 6.07 Å². The molecule has 0 saturated carbocycles. The van der Waals surface area contributed by atoms with Crippen molar-refractivity contribution in [3.05, 3.63) is 42.1 Å². The van der Waals surface area contributed by atoms with Gasteiger partial charge in [0.15, 0.2) is 0 Å². The summed E-state index contributed by atoms with van der Waals surface area (Å²) in [5.74, 6) is 0.755. The summed E-state index contributed by atoms with van der Waals surface area (Å²) in [7, 11) is 3.90. The smallest absolute Gasteiger partial charge is 0.257 e. The molecule has 3 heterocycles. The van der Waals surface area contributed by atoms with E-state index < -0.39 is 0 Å². The topological polar surface area (TPSA) is 86.8 Å². The number of anilines is 4. The molecule has 1 saturated heterocycles. The van der Waals surface area contributed by atoms with Crippen molar-refractivity contribution in [2.75, 3.05) is 60.8 Å². The Morgan fingerprint density at radius 1 is 1.30 bits per heavy atom. The number of nitrogens with one attached hydrogen (secondary N) is 2. The van der Waals surface area contributed by atoms with Crippen LogP contribution in [0.5, 0.6) is 0 Å². The van der Waals surface area contributed by atoms with Crippen molar-refractivity contribution in [2.24, 2.45) is 5.92 Å². The molecule has 0 spiro atoms. The van der Waals surface area contributed by atoms with Crippen LogP contribution in [0.25, 0.3) is 0 Å². The van der Waals surface area contributed by atoms with E-state index in [-0.39, 0.29) is 18.4 Å². The molecule has 2 N–H and O–H groups in total. The van der Waals surface area contributed by atoms with Gasteiger partial charge in [-0.05, 0) is 43.0 Å². The maximum atomic E-state index is 12.9. The number of ether oxygens (including phenoxy) is 1. The highest BCUT2D eigenvalue weighted by Crippen LogP contribution is 2.31. The quantitative estimate of drug-likeness (QED) is 0.789. The third kappa shape index (κ3) is 4.38. The molecular weight excluding hydrogens is 382 g/mol. The maximum absolute atomic E-state index is 12.9. The van der Waals surface area contributed by atoms with Crippen molar-refractivity contribution in [3.63, 3.8) is 0 Å². The largest absolute Gasteiger partial charge is 0.381 e. The van der Waals surface area contributed by atoms with Gasteiger partial charge >= 0.3 is 0 Å². The first-order chi connectivity index (χ1) is 14.5. The van der Waals surface area contributed by atoms with Gasteiger partial charge < -0.3 is 25.2 Å². The second kappa shape index (κ2) is 8.71. The number of nitrogens with zero attached hydrogens (tertiary/aromatic N) is 3. The Kier molecular flexibility index (Phi) is 5.85. The highest BCUT2D eigenvalue weighted by molar-refractivity contribution is 6.07. The molecule has 2 amide bonds. The minimum Gasteiger partial charge on any atom is -0.381 e. The third-order valence-electron chi connectivity index (χ3n) is 5.53. The van der Waals surface area contributed by atoms with Crippen LogP contribution in [-0.2, 0) is 9.53 Å². The molecule has 0 atom stereocenters. The van der Waals surface area contributed by atoms with Crippen LogP contribution < -0.4 is 20.4 Å². The first kappa shape index (κ1) is 20.2. The van der Waals surface area contributed by atoms with Crippen LogP contribution in [0.3, 0.4) is 0 Å². The Hall–Kier alpha value is -3.13. The van der Waals surface area contributed by atoms with E-state index >= 15 is 0 Å². The van der Waals surface area contributed by atoms with Crippen molar-refractivity contribution in [1.82, 2.24) is 4.98 Å². The highest BCUT2D eigenvalue weighted by Gasteiger charge is 2.29. The summed E-state index contributed by atoms with van der Waals surface area (Å²) >= 11 is 0. The predicted molar refractivity (Wildman–Crippen MR) is 117 cm³/mol. The number of carbonyl (C=O) groups is 2. The van der Waals surface area contributed by atoms with Crippen molar-refractivity contribution in [2.45, 2.75) is 12.8 Å². The van der Waals surface area contributed by atoms with E-state index in [0.29, 0.717) is 35.2 Å². The summed E-state index contributed by atoms with van der Waals surface area (Å²) in [6, 6.07) is 9.37. The lowest BCUT2D eigenvalue weighted by atomic mass is 9.99. The fourth-order valence-corrected chi connectivity index (χ4v) is 3.76. The van der Waals surface area contributed by atoms with E-state index in [1.54, 1.807) is 17.2 Å². The van der Waals surface area contributed by atoms with Gasteiger partial charge in [0.05, 0.1) is 17.8 Å². The highest BCUT2D eigenvalue weighted by atomic mass is 16.5. The number of carbonyl (C=O) groups excluding carboxylic acids is 2. The number of hydrogen-bond acceptors (Lipinski definition) is 6. The standard InChI is InChI=1S/C22H27N5O3/c1-26(2)18-5-3-4-17(11-18)25-22(29)16-10-19-21(23-12-16)24-13-20(28)27(19)14-15-6-8-30-9-7-15/h3-5,10-12,15H,6-9,13-14H2,1-2H3,(H,23,24)(H,25,29). The molecule has 2 aliphatic heterocycles. The van der Waals surface area contributed by atoms with E-state index in [1.807, 2.05) is 43.3 Å². The molecule has 1 aromatic heterocycles. The summed E-state index contributed by atoms with van der Waals surface area (Å²) in [5.41, 5.74) is 2.77. The summed E-state index contributed by atoms with van der Waals surface area (Å²) in [5, 5.41) is 5.97. The number of aromatic nitrogens is 1. The van der Waals surface area contributed by atoms with E-state index in [2.05, 4.69) is 15.6 Å². The van der Waals surface area contributed by atoms with Crippen LogP contribution in [0.4, 0.5) is 22.9 Å². The molecule has 0 bridgehead atoms. The normalized spacial score (nSPS) is 16.6. The second-order valence-corrected chi connectivity index (χ2v) is 7.90. The minimum atomic E-state index is -0.259. The van der Waals surface area contributed by atoms with Crippen molar-refractivity contribution in [3.8, 4) is 0 Å². The predicted octanol–water partition coefficient (Wildman–Crippen LogP) is 2.58. The van der Waals surface area contributed by atoms with E-state index in [1.165, 1.54) is 0 Å². The SMILES string of the molecule is CN(C)c1cccc(NC(=O)c2cnc3c(c2)N(CC2CCOCC2)C(=O)CN3)c1. The van der Waals surface area contributed by atoms with Gasteiger partial charge in [-0.3, -0.25) is 9.59 Å². The zero-order valence-electron chi connectivity index (χ0n) is 17.4. The molecule has 2 aromatic rings. The molecule has 8 heteroatoms. The van der Waals surface area contributed by atoms with Crippen LogP contribution in [0.2, 0.25) is 0 Å². The third-order valence-corrected chi connectivity index (χ3v) is 5.53. The fraction of sp³-hybridized carbons (Fsp3) is 0.409. The van der Waals surface area contributed by atoms with Crippen LogP contribution >= 0.6 is 0 Å². The Labute approximate surface area is 176 Å². The Balaban J connectivity index is 1.55. The minimum absolute atomic E-state index is 0.00738. The van der Waals surface area contributed by atoms with Gasteiger partial charge in [-0.2, -0.15) is 0 Å². The van der Waals surface area contributed by atoms with Crippen LogP contribution in [-0.4, -0.2) is 57.2 Å². The molecule has 1 fully saturated rings. The molecule has 158 valence electrons. The maximum Gasteiger partial charge on any atom is 0.257 e. The summed E-state index contributed by atoms with van der Waals surface area (Å²) in [6.45, 7) is 2.29. The van der Waals surface area contributed by atoms with Gasteiger partial charge in [0.1, 0.15) is 5.82 Å². The molecule has 0 unspecified atom stereocenters. The second-order valence-electron chi connectivity index (χ2n) is 7.90. The zero-order chi connectivity index (χ0) is 21.1. The number of fused-ring (bicyclic) bond motifs is 1. The Bertz CT molecular complexity index is 940. The lowest BCUT2D eigenvalue weighted by Crippen LogP contribution is -2.44. The number of rotatable bonds is 5. The fourth-order valence-electron chi connectivity index (χ4n) is 3.76. The Morgan fingerprint density at radius 3 is 2.87 bits per heavy atom. The lowest BCUT2D eigenvalue weighted by Gasteiger charge is -2.33.